The zero-order chi connectivity index (χ0) is 57.2. The second-order valence-electron chi connectivity index (χ2n) is 10.4. The Morgan fingerprint density at radius 3 is 0.671 bits per heavy atom. The van der Waals surface area contributed by atoms with Gasteiger partial charge in [-0.15, -0.1) is 13.2 Å². The van der Waals surface area contributed by atoms with Crippen LogP contribution in [-0.4, -0.2) is 123 Å². The van der Waals surface area contributed by atoms with Crippen LogP contribution in [0, 0.1) is 0 Å². The molecule has 0 spiro atoms. The average molecular weight is 1190 g/mol. The van der Waals surface area contributed by atoms with Crippen molar-refractivity contribution in [1.82, 2.24) is 0 Å². The molecule has 3 heterocycles. The van der Waals surface area contributed by atoms with Gasteiger partial charge in [-0.2, -0.15) is 139 Å². The second kappa shape index (κ2) is 23.9. The molecule has 0 radical (unpaired) electrons. The first-order valence-corrected chi connectivity index (χ1v) is 18.8. The molecule has 420 valence electrons. The van der Waals surface area contributed by atoms with Gasteiger partial charge >= 0.3 is 125 Å². The summed E-state index contributed by atoms with van der Waals surface area (Å²) in [6.45, 7) is 1.37. The van der Waals surface area contributed by atoms with Gasteiger partial charge in [0.25, 0.3) is 0 Å². The van der Waals surface area contributed by atoms with Gasteiger partial charge in [0.2, 0.25) is 0 Å². The van der Waals surface area contributed by atoms with Crippen LogP contribution in [0.4, 0.5) is 139 Å². The number of hydrogen-bond acceptors (Lipinski definition) is 13. The Morgan fingerprint density at radius 2 is 0.543 bits per heavy atom. The van der Waals surface area contributed by atoms with Gasteiger partial charge in [-0.05, 0) is 0 Å². The van der Waals surface area contributed by atoms with Gasteiger partial charge in [-0.25, -0.2) is 4.74 Å². The van der Waals surface area contributed by atoms with Gasteiger partial charge in [0.1, 0.15) is 39.6 Å². The third kappa shape index (κ3) is 18.6. The lowest BCUT2D eigenvalue weighted by Gasteiger charge is -2.31. The highest BCUT2D eigenvalue weighted by Crippen LogP contribution is 2.55. The molecule has 0 aromatic rings. The quantitative estimate of drug-likeness (QED) is 0.167. The molecule has 0 aromatic heterocycles. The summed E-state index contributed by atoms with van der Waals surface area (Å²) in [5.41, 5.74) is 0. The highest BCUT2D eigenvalue weighted by Gasteiger charge is 2.86. The van der Waals surface area contributed by atoms with Crippen molar-refractivity contribution < 1.29 is 197 Å². The summed E-state index contributed by atoms with van der Waals surface area (Å²) < 4.78 is 455. The van der Waals surface area contributed by atoms with E-state index in [1.54, 1.807) is 0 Å². The van der Waals surface area contributed by atoms with Crippen molar-refractivity contribution in [2.75, 3.05) is 39.6 Å². The lowest BCUT2D eigenvalue weighted by molar-refractivity contribution is -0.453. The first-order valence-electron chi connectivity index (χ1n) is 14.7. The number of rotatable bonds is 8. The van der Waals surface area contributed by atoms with Crippen molar-refractivity contribution in [3.63, 3.8) is 0 Å². The molecule has 0 atom stereocenters. The van der Waals surface area contributed by atoms with E-state index in [1.165, 1.54) is 4.74 Å². The minimum absolute atomic E-state index is 0.229. The molecule has 0 saturated carbocycles. The molecule has 3 aliphatic rings. The molecule has 3 fully saturated rings. The van der Waals surface area contributed by atoms with Crippen LogP contribution >= 0.6 is 0 Å². The first kappa shape index (κ1) is 69.8. The summed E-state index contributed by atoms with van der Waals surface area (Å²) in [4.78, 5) is 0. The molecular formula is C22H12F32O13S3. The van der Waals surface area contributed by atoms with E-state index in [4.69, 9.17) is 0 Å². The molecule has 0 aromatic carbocycles. The Balaban J connectivity index is -0.000000788. The Labute approximate surface area is 362 Å². The Bertz CT molecular complexity index is 2040. The third-order valence-electron chi connectivity index (χ3n) is 5.45. The molecular weight excluding hydrogens is 1180 g/mol. The molecule has 3 rings (SSSR count). The van der Waals surface area contributed by atoms with E-state index in [2.05, 4.69) is 28.4 Å². The zero-order valence-electron chi connectivity index (χ0n) is 30.9. The van der Waals surface area contributed by atoms with Crippen molar-refractivity contribution in [3.05, 3.63) is 36.1 Å². The van der Waals surface area contributed by atoms with Crippen LogP contribution in [0.25, 0.3) is 0 Å². The summed E-state index contributed by atoms with van der Waals surface area (Å²) in [6.07, 6.45) is -32.5. The molecule has 48 heteroatoms. The summed E-state index contributed by atoms with van der Waals surface area (Å²) in [6, 6.07) is 0. The molecule has 3 saturated heterocycles. The van der Waals surface area contributed by atoms with Crippen LogP contribution in [-0.2, 0) is 63.8 Å². The van der Waals surface area contributed by atoms with Gasteiger partial charge in [0, 0.05) is 0 Å². The Kier molecular flexibility index (Phi) is 23.8. The van der Waals surface area contributed by atoms with Crippen molar-refractivity contribution in [2.45, 2.75) is 58.4 Å². The maximum absolute atomic E-state index is 12.1. The van der Waals surface area contributed by atoms with Gasteiger partial charge < -0.3 is 28.4 Å². The smallest absolute Gasteiger partial charge is 0.458 e. The summed E-state index contributed by atoms with van der Waals surface area (Å²) in [7, 11) is -22.3. The van der Waals surface area contributed by atoms with Crippen molar-refractivity contribution in [1.29, 1.82) is 0 Å². The fraction of sp³-hybridized carbons (Fsp3) is 0.727. The van der Waals surface area contributed by atoms with Crippen LogP contribution in [0.1, 0.15) is 0 Å². The Morgan fingerprint density at radius 1 is 0.343 bits per heavy atom. The third-order valence-corrected chi connectivity index (χ3v) is 8.04. The summed E-state index contributed by atoms with van der Waals surface area (Å²) in [5, 5.41) is -20.7. The molecule has 0 aliphatic carbocycles. The number of ether oxygens (including phenoxy) is 7. The molecule has 0 amide bonds. The van der Waals surface area contributed by atoms with Crippen LogP contribution < -0.4 is 0 Å². The highest BCUT2D eigenvalue weighted by atomic mass is 32.3. The van der Waals surface area contributed by atoms with E-state index < -0.39 is 125 Å². The van der Waals surface area contributed by atoms with Crippen LogP contribution in [0.5, 0.6) is 0 Å². The van der Waals surface area contributed by atoms with Gasteiger partial charge in [0.15, 0.2) is 0 Å². The lowest BCUT2D eigenvalue weighted by Crippen LogP contribution is -2.62. The van der Waals surface area contributed by atoms with Gasteiger partial charge in [0.05, 0.1) is 0 Å². The molecule has 70 heavy (non-hydrogen) atoms. The monoisotopic (exact) mass is 1190 g/mol. The topological polar surface area (TPSA) is 167 Å². The number of halogens is 32. The molecule has 0 bridgehead atoms. The molecule has 0 N–H and O–H groups in total. The summed E-state index contributed by atoms with van der Waals surface area (Å²) in [5.74, 6) is -23.8. The van der Waals surface area contributed by atoms with Crippen molar-refractivity contribution in [3.8, 4) is 0 Å². The maximum Gasteiger partial charge on any atom is 0.527 e. The van der Waals surface area contributed by atoms with E-state index in [9.17, 15) is 164 Å². The first-order chi connectivity index (χ1) is 30.4. The summed E-state index contributed by atoms with van der Waals surface area (Å²) >= 11 is 0. The SMILES string of the molecule is FC(F)=C1OCCO1.FC(F)=C1OCCO1.FC(F)=C1OCCO1.O=S(=O)(F)C(F)(F)C(F)(F)C(F)(F)C(F)(F)F.O=S(=O)(F)C(F)(F)C(F)(F)C(F)(F)F.O=S(=O)(F)C(F)(F)C(F)(F)OC(F)(F)F. The van der Waals surface area contributed by atoms with E-state index in [-0.39, 0.29) is 39.6 Å². The van der Waals surface area contributed by atoms with Crippen molar-refractivity contribution >= 4 is 30.7 Å². The fourth-order valence-electron chi connectivity index (χ4n) is 2.44. The maximum atomic E-state index is 12.1. The standard InChI is InChI=1S/C4F10O2S.3C4H4F2O2.C3F8O3S.C3F8O2S/c5-1(6,3(9,10)11)2(7,8)4(12,13)17(14,15)16;3*5-3(6)4-7-1-2-8-4;4-1(5,14-3(8,9)10)2(6,7)15(11,12)13;4-1(5,2(6,7)8)3(9,10)14(11,12)13/h;3*1-2H2;;. The normalized spacial score (nSPS) is 16.4. The molecule has 13 nitrogen and oxygen atoms in total. The van der Waals surface area contributed by atoms with E-state index in [0.717, 1.165) is 0 Å². The van der Waals surface area contributed by atoms with Crippen molar-refractivity contribution in [2.24, 2.45) is 0 Å². The van der Waals surface area contributed by atoms with Crippen LogP contribution in [0.15, 0.2) is 36.1 Å². The number of hydrogen-bond donors (Lipinski definition) is 0. The largest absolute Gasteiger partial charge is 0.527 e. The minimum Gasteiger partial charge on any atom is -0.458 e. The molecule has 3 aliphatic heterocycles. The molecule has 0 unspecified atom stereocenters. The number of alkyl halides is 23. The minimum atomic E-state index is -7.67. The predicted octanol–water partition coefficient (Wildman–Crippen LogP) is 10.1. The van der Waals surface area contributed by atoms with E-state index >= 15 is 0 Å². The van der Waals surface area contributed by atoms with Gasteiger partial charge in [-0.3, -0.25) is 0 Å². The van der Waals surface area contributed by atoms with Crippen LogP contribution in [0.3, 0.4) is 0 Å². The average Bonchev–Trinajstić information content (AvgIpc) is 3.94. The van der Waals surface area contributed by atoms with Crippen LogP contribution in [0.2, 0.25) is 0 Å². The van der Waals surface area contributed by atoms with Gasteiger partial charge in [-0.1, -0.05) is 11.7 Å². The Hall–Kier alpha value is -4.41. The van der Waals surface area contributed by atoms with E-state index in [0.29, 0.717) is 0 Å². The second-order valence-corrected chi connectivity index (χ2v) is 14.5. The zero-order valence-corrected chi connectivity index (χ0v) is 33.3. The lowest BCUT2D eigenvalue weighted by atomic mass is 10.1. The predicted molar refractivity (Wildman–Crippen MR) is 147 cm³/mol. The van der Waals surface area contributed by atoms with E-state index in [1.807, 2.05) is 0 Å². The fourth-order valence-corrected chi connectivity index (χ4v) is 3.62. The highest BCUT2D eigenvalue weighted by molar-refractivity contribution is 7.88.